The number of nitrogens with one attached hydrogen (secondary N) is 1. The Hall–Kier alpha value is -2.35. The van der Waals surface area contributed by atoms with Gasteiger partial charge in [0.25, 0.3) is 5.22 Å². The van der Waals surface area contributed by atoms with E-state index in [0.717, 1.165) is 12.1 Å². The van der Waals surface area contributed by atoms with Gasteiger partial charge in [-0.25, -0.2) is 0 Å². The zero-order valence-electron chi connectivity index (χ0n) is 15.7. The predicted octanol–water partition coefficient (Wildman–Crippen LogP) is 3.86. The molecule has 1 amide bonds. The molecule has 0 radical (unpaired) electrons. The van der Waals surface area contributed by atoms with Crippen LogP contribution in [0.1, 0.15) is 11.1 Å². The maximum atomic E-state index is 12.2. The van der Waals surface area contributed by atoms with Crippen molar-refractivity contribution in [2.45, 2.75) is 18.3 Å². The summed E-state index contributed by atoms with van der Waals surface area (Å²) in [4.78, 5) is 14.3. The number of halogens is 1. The Kier molecular flexibility index (Phi) is 7.08. The zero-order valence-corrected chi connectivity index (χ0v) is 17.3. The van der Waals surface area contributed by atoms with E-state index in [9.17, 15) is 4.79 Å². The highest BCUT2D eigenvalue weighted by Crippen LogP contribution is 2.28. The van der Waals surface area contributed by atoms with Gasteiger partial charge in [0, 0.05) is 13.1 Å². The number of carbonyl (C=O) groups excluding carboxylic acids is 1. The fraction of sp³-hybridized carbons (Fsp3) is 0.250. The van der Waals surface area contributed by atoms with E-state index >= 15 is 0 Å². The minimum Gasteiger partial charge on any atom is -0.411 e. The molecule has 28 heavy (non-hydrogen) atoms. The molecule has 0 bridgehead atoms. The zero-order chi connectivity index (χ0) is 19.9. The quantitative estimate of drug-likeness (QED) is 0.562. The molecule has 0 unspecified atom stereocenters. The monoisotopic (exact) mass is 416 g/mol. The highest BCUT2D eigenvalue weighted by molar-refractivity contribution is 7.99. The van der Waals surface area contributed by atoms with Gasteiger partial charge >= 0.3 is 0 Å². The Balaban J connectivity index is 1.52. The third kappa shape index (κ3) is 5.58. The fourth-order valence-electron chi connectivity index (χ4n) is 2.61. The van der Waals surface area contributed by atoms with Gasteiger partial charge in [0.2, 0.25) is 11.8 Å². The van der Waals surface area contributed by atoms with Gasteiger partial charge in [-0.15, -0.1) is 10.2 Å². The van der Waals surface area contributed by atoms with E-state index in [4.69, 9.17) is 16.0 Å². The molecule has 0 fully saturated rings. The van der Waals surface area contributed by atoms with Crippen LogP contribution in [0.4, 0.5) is 0 Å². The first kappa shape index (κ1) is 20.4. The molecule has 0 saturated heterocycles. The van der Waals surface area contributed by atoms with E-state index < -0.39 is 0 Å². The van der Waals surface area contributed by atoms with Crippen LogP contribution in [-0.4, -0.2) is 40.9 Å². The maximum Gasteiger partial charge on any atom is 0.277 e. The van der Waals surface area contributed by atoms with Gasteiger partial charge in [0.15, 0.2) is 0 Å². The first-order chi connectivity index (χ1) is 13.5. The Bertz CT molecular complexity index is 945. The highest BCUT2D eigenvalue weighted by atomic mass is 35.5. The van der Waals surface area contributed by atoms with E-state index in [-0.39, 0.29) is 11.7 Å². The molecule has 0 spiro atoms. The van der Waals surface area contributed by atoms with Crippen LogP contribution in [0.3, 0.4) is 0 Å². The third-order valence-corrected chi connectivity index (χ3v) is 5.07. The van der Waals surface area contributed by atoms with Crippen molar-refractivity contribution in [3.8, 4) is 11.5 Å². The second-order valence-corrected chi connectivity index (χ2v) is 7.76. The lowest BCUT2D eigenvalue weighted by atomic mass is 10.1. The minimum absolute atomic E-state index is 0.0952. The number of thioether (sulfide) groups is 1. The van der Waals surface area contributed by atoms with Crippen LogP contribution in [-0.2, 0) is 17.9 Å². The number of nitrogens with zero attached hydrogens (tertiary/aromatic N) is 3. The van der Waals surface area contributed by atoms with Crippen LogP contribution in [0.15, 0.2) is 58.2 Å². The van der Waals surface area contributed by atoms with Crippen molar-refractivity contribution in [3.63, 3.8) is 0 Å². The molecule has 0 atom stereocenters. The summed E-state index contributed by atoms with van der Waals surface area (Å²) in [6, 6.07) is 15.3. The summed E-state index contributed by atoms with van der Waals surface area (Å²) in [5, 5.41) is 11.8. The molecule has 8 heteroatoms. The number of aromatic nitrogens is 2. The Labute approximate surface area is 173 Å². The van der Waals surface area contributed by atoms with E-state index in [0.29, 0.717) is 28.2 Å². The molecule has 0 aliphatic heterocycles. The summed E-state index contributed by atoms with van der Waals surface area (Å²) >= 11 is 7.33. The standard InChI is InChI=1S/C20H21ClN4O2S/c1-25(2)12-15-8-4-3-7-14(15)11-22-18(26)13-28-20-24-23-19(27-20)16-9-5-6-10-17(16)21/h3-10H,11-13H2,1-2H3,(H,22,26). The van der Waals surface area contributed by atoms with E-state index in [1.807, 2.05) is 50.5 Å². The molecule has 0 aliphatic carbocycles. The molecule has 0 aliphatic rings. The summed E-state index contributed by atoms with van der Waals surface area (Å²) in [7, 11) is 4.04. The summed E-state index contributed by atoms with van der Waals surface area (Å²) in [6.45, 7) is 1.31. The molecular weight excluding hydrogens is 396 g/mol. The molecule has 146 valence electrons. The van der Waals surface area contributed by atoms with Crippen LogP contribution in [0.2, 0.25) is 5.02 Å². The molecular formula is C20H21ClN4O2S. The lowest BCUT2D eigenvalue weighted by Crippen LogP contribution is -2.25. The van der Waals surface area contributed by atoms with Crippen LogP contribution < -0.4 is 5.32 Å². The van der Waals surface area contributed by atoms with Gasteiger partial charge in [-0.1, -0.05) is 59.8 Å². The number of hydrogen-bond acceptors (Lipinski definition) is 6. The van der Waals surface area contributed by atoms with Crippen LogP contribution >= 0.6 is 23.4 Å². The van der Waals surface area contributed by atoms with Crippen molar-refractivity contribution in [1.29, 1.82) is 0 Å². The summed E-state index contributed by atoms with van der Waals surface area (Å²) in [5.74, 6) is 0.438. The second kappa shape index (κ2) is 9.73. The molecule has 6 nitrogen and oxygen atoms in total. The predicted molar refractivity (Wildman–Crippen MR) is 111 cm³/mol. The number of rotatable bonds is 8. The smallest absolute Gasteiger partial charge is 0.277 e. The Morgan fingerprint density at radius 2 is 1.82 bits per heavy atom. The normalized spacial score (nSPS) is 11.0. The summed E-state index contributed by atoms with van der Waals surface area (Å²) in [6.07, 6.45) is 0. The van der Waals surface area contributed by atoms with Crippen LogP contribution in [0, 0.1) is 0 Å². The SMILES string of the molecule is CN(C)Cc1ccccc1CNC(=O)CSc1nnc(-c2ccccc2Cl)o1. The van der Waals surface area contributed by atoms with Gasteiger partial charge in [0.1, 0.15) is 0 Å². The largest absolute Gasteiger partial charge is 0.411 e. The van der Waals surface area contributed by atoms with E-state index in [1.54, 1.807) is 6.07 Å². The molecule has 3 aromatic rings. The molecule has 0 saturated carbocycles. The van der Waals surface area contributed by atoms with Crippen molar-refractivity contribution in [2.24, 2.45) is 0 Å². The first-order valence-corrected chi connectivity index (χ1v) is 10.1. The van der Waals surface area contributed by atoms with Crippen LogP contribution in [0.5, 0.6) is 0 Å². The van der Waals surface area contributed by atoms with Crippen molar-refractivity contribution in [3.05, 3.63) is 64.7 Å². The summed E-state index contributed by atoms with van der Waals surface area (Å²) < 4.78 is 5.60. The number of amides is 1. The van der Waals surface area contributed by atoms with Gasteiger partial charge < -0.3 is 14.6 Å². The number of carbonyl (C=O) groups is 1. The number of hydrogen-bond donors (Lipinski definition) is 1. The van der Waals surface area contributed by atoms with Gasteiger partial charge in [0.05, 0.1) is 16.3 Å². The second-order valence-electron chi connectivity index (χ2n) is 6.42. The maximum absolute atomic E-state index is 12.2. The lowest BCUT2D eigenvalue weighted by molar-refractivity contribution is -0.118. The van der Waals surface area contributed by atoms with Crippen molar-refractivity contribution >= 4 is 29.3 Å². The topological polar surface area (TPSA) is 71.3 Å². The van der Waals surface area contributed by atoms with Gasteiger partial charge in [-0.05, 0) is 37.4 Å². The molecule has 1 heterocycles. The minimum atomic E-state index is -0.0952. The highest BCUT2D eigenvalue weighted by Gasteiger charge is 2.13. The average Bonchev–Trinajstić information content (AvgIpc) is 3.14. The lowest BCUT2D eigenvalue weighted by Gasteiger charge is -2.14. The first-order valence-electron chi connectivity index (χ1n) is 8.72. The molecule has 2 aromatic carbocycles. The van der Waals surface area contributed by atoms with Gasteiger partial charge in [-0.3, -0.25) is 4.79 Å². The molecule has 1 N–H and O–H groups in total. The van der Waals surface area contributed by atoms with Crippen molar-refractivity contribution in [1.82, 2.24) is 20.4 Å². The van der Waals surface area contributed by atoms with Crippen molar-refractivity contribution < 1.29 is 9.21 Å². The molecule has 1 aromatic heterocycles. The van der Waals surface area contributed by atoms with E-state index in [1.165, 1.54) is 17.3 Å². The molecule has 3 rings (SSSR count). The summed E-state index contributed by atoms with van der Waals surface area (Å²) in [5.41, 5.74) is 2.97. The fourth-order valence-corrected chi connectivity index (χ4v) is 3.42. The number of benzene rings is 2. The Morgan fingerprint density at radius 3 is 2.57 bits per heavy atom. The van der Waals surface area contributed by atoms with Crippen molar-refractivity contribution in [2.75, 3.05) is 19.8 Å². The average molecular weight is 417 g/mol. The van der Waals surface area contributed by atoms with Crippen LogP contribution in [0.25, 0.3) is 11.5 Å². The van der Waals surface area contributed by atoms with E-state index in [2.05, 4.69) is 26.5 Å². The third-order valence-electron chi connectivity index (χ3n) is 3.92. The van der Waals surface area contributed by atoms with Gasteiger partial charge in [-0.2, -0.15) is 0 Å². The Morgan fingerprint density at radius 1 is 1.11 bits per heavy atom.